The lowest BCUT2D eigenvalue weighted by Crippen LogP contribution is -2.36. The molecule has 1 atom stereocenters. The predicted molar refractivity (Wildman–Crippen MR) is 119 cm³/mol. The van der Waals surface area contributed by atoms with Crippen molar-refractivity contribution in [1.29, 1.82) is 0 Å². The van der Waals surface area contributed by atoms with Gasteiger partial charge in [0.1, 0.15) is 5.69 Å². The molecule has 2 N–H and O–H groups in total. The Kier molecular flexibility index (Phi) is 12.4. The first-order chi connectivity index (χ1) is 17.0. The molecule has 1 unspecified atom stereocenters. The summed E-state index contributed by atoms with van der Waals surface area (Å²) in [5, 5.41) is 25.0. The van der Waals surface area contributed by atoms with E-state index in [-0.39, 0.29) is 0 Å². The van der Waals surface area contributed by atoms with Crippen molar-refractivity contribution in [2.75, 3.05) is 40.4 Å². The summed E-state index contributed by atoms with van der Waals surface area (Å²) in [4.78, 5) is 23.8. The van der Waals surface area contributed by atoms with Gasteiger partial charge in [-0.15, -0.1) is 16.4 Å². The second-order valence-corrected chi connectivity index (χ2v) is 9.01. The average Bonchev–Trinajstić information content (AvgIpc) is 3.40. The molecule has 3 heterocycles. The van der Waals surface area contributed by atoms with Gasteiger partial charge in [-0.05, 0) is 25.5 Å². The molecule has 3 rings (SSSR count). The average molecular weight is 564 g/mol. The minimum absolute atomic E-state index is 0.334. The maximum atomic E-state index is 10.6. The Morgan fingerprint density at radius 3 is 2.19 bits per heavy atom. The van der Waals surface area contributed by atoms with Gasteiger partial charge in [0.25, 0.3) is 0 Å². The summed E-state index contributed by atoms with van der Waals surface area (Å²) < 4.78 is 71.3. The highest BCUT2D eigenvalue weighted by atomic mass is 32.1. The molecule has 1 aliphatic rings. The van der Waals surface area contributed by atoms with E-state index in [2.05, 4.69) is 51.7 Å². The highest BCUT2D eigenvalue weighted by Crippen LogP contribution is 2.28. The van der Waals surface area contributed by atoms with Crippen molar-refractivity contribution in [3.05, 3.63) is 33.8 Å². The molecule has 0 fully saturated rings. The first-order valence-electron chi connectivity index (χ1n) is 10.5. The number of thiophene rings is 1. The van der Waals surface area contributed by atoms with Crippen LogP contribution in [0.5, 0.6) is 0 Å². The third-order valence-electron chi connectivity index (χ3n) is 4.63. The molecule has 0 amide bonds. The number of fused-ring (bicyclic) bond motifs is 1. The number of alkyl halides is 6. The number of aryl methyl sites for hydroxylation is 1. The predicted octanol–water partition coefficient (Wildman–Crippen LogP) is 2.82. The van der Waals surface area contributed by atoms with Crippen LogP contribution >= 0.6 is 11.3 Å². The van der Waals surface area contributed by atoms with Crippen LogP contribution < -0.4 is 0 Å². The Hall–Kier alpha value is -2.76. The number of ether oxygens (including phenoxy) is 1. The number of rotatable bonds is 7. The quantitative estimate of drug-likeness (QED) is 0.387. The molecule has 210 valence electrons. The smallest absolute Gasteiger partial charge is 0.475 e. The topological polar surface area (TPSA) is 121 Å². The van der Waals surface area contributed by atoms with Gasteiger partial charge >= 0.3 is 24.3 Å². The van der Waals surface area contributed by atoms with E-state index in [1.165, 1.54) is 10.6 Å². The zero-order valence-electron chi connectivity index (χ0n) is 20.1. The van der Waals surface area contributed by atoms with E-state index in [0.717, 1.165) is 45.1 Å². The number of hydrogen-bond donors (Lipinski definition) is 2. The standard InChI is InChI=1S/C16H25N5OS.2C2HF3O2/c1-19(2)6-7-22-12-13-9-21(10-14-5-4-8-23-14)11-15-16(13)20(3)18-17-15;2*3-2(4,5)1(6)7/h4-5,8,13H,6-7,9-12H2,1-3H3;2*(H,6,7). The minimum Gasteiger partial charge on any atom is -0.475 e. The second-order valence-electron chi connectivity index (χ2n) is 7.97. The Morgan fingerprint density at radius 1 is 1.16 bits per heavy atom. The van der Waals surface area contributed by atoms with Crippen molar-refractivity contribution in [1.82, 2.24) is 24.8 Å². The molecule has 1 aliphatic heterocycles. The number of carbonyl (C=O) groups is 2. The number of likely N-dealkylation sites (N-methyl/N-ethyl adjacent to an activating group) is 1. The highest BCUT2D eigenvalue weighted by molar-refractivity contribution is 7.09. The summed E-state index contributed by atoms with van der Waals surface area (Å²) in [6.07, 6.45) is -10.2. The number of carboxylic acid groups (broad SMARTS) is 2. The van der Waals surface area contributed by atoms with Gasteiger partial charge in [0.2, 0.25) is 0 Å². The molecule has 0 spiro atoms. The molecular formula is C20H27F6N5O5S. The van der Waals surface area contributed by atoms with Crippen LogP contribution in [0.2, 0.25) is 0 Å². The van der Waals surface area contributed by atoms with Crippen LogP contribution in [0, 0.1) is 0 Å². The number of halogens is 6. The minimum atomic E-state index is -5.08. The Bertz CT molecular complexity index is 957. The molecule has 2 aromatic heterocycles. The van der Waals surface area contributed by atoms with Crippen LogP contribution in [0.3, 0.4) is 0 Å². The Labute approximate surface area is 212 Å². The summed E-state index contributed by atoms with van der Waals surface area (Å²) in [7, 11) is 6.11. The molecule has 10 nitrogen and oxygen atoms in total. The zero-order valence-corrected chi connectivity index (χ0v) is 20.9. The van der Waals surface area contributed by atoms with E-state index in [4.69, 9.17) is 24.5 Å². The number of aliphatic carboxylic acids is 2. The SMILES string of the molecule is CN(C)CCOCC1CN(Cc2cccs2)Cc2nnn(C)c21.O=C(O)C(F)(F)F.O=C(O)C(F)(F)F. The van der Waals surface area contributed by atoms with Crippen LogP contribution in [-0.4, -0.2) is 99.7 Å². The molecule has 0 saturated heterocycles. The van der Waals surface area contributed by atoms with E-state index in [0.29, 0.717) is 5.92 Å². The van der Waals surface area contributed by atoms with Crippen molar-refractivity contribution >= 4 is 23.3 Å². The number of nitrogens with zero attached hydrogens (tertiary/aromatic N) is 5. The normalized spacial score (nSPS) is 15.8. The monoisotopic (exact) mass is 563 g/mol. The Balaban J connectivity index is 0.000000404. The summed E-state index contributed by atoms with van der Waals surface area (Å²) in [5.41, 5.74) is 2.33. The van der Waals surface area contributed by atoms with Gasteiger partial charge in [-0.25, -0.2) is 9.59 Å². The summed E-state index contributed by atoms with van der Waals surface area (Å²) in [6.45, 7) is 5.27. The van der Waals surface area contributed by atoms with Crippen molar-refractivity contribution in [2.45, 2.75) is 31.4 Å². The van der Waals surface area contributed by atoms with Gasteiger partial charge in [0.05, 0.1) is 18.9 Å². The van der Waals surface area contributed by atoms with E-state index in [9.17, 15) is 26.3 Å². The molecule has 17 heteroatoms. The van der Waals surface area contributed by atoms with Gasteiger partial charge in [0, 0.05) is 44.0 Å². The van der Waals surface area contributed by atoms with E-state index in [1.54, 1.807) is 0 Å². The third kappa shape index (κ3) is 11.9. The fraction of sp³-hybridized carbons (Fsp3) is 0.600. The summed E-state index contributed by atoms with van der Waals surface area (Å²) in [6, 6.07) is 4.30. The van der Waals surface area contributed by atoms with Crippen molar-refractivity contribution in [2.24, 2.45) is 7.05 Å². The fourth-order valence-electron chi connectivity index (χ4n) is 3.04. The zero-order chi connectivity index (χ0) is 28.4. The molecule has 37 heavy (non-hydrogen) atoms. The molecule has 0 aromatic carbocycles. The fourth-order valence-corrected chi connectivity index (χ4v) is 3.79. The number of hydrogen-bond acceptors (Lipinski definition) is 8. The van der Waals surface area contributed by atoms with Crippen LogP contribution in [0.15, 0.2) is 17.5 Å². The van der Waals surface area contributed by atoms with Crippen LogP contribution in [0.1, 0.15) is 22.2 Å². The van der Waals surface area contributed by atoms with Crippen LogP contribution in [-0.2, 0) is 34.5 Å². The molecule has 0 saturated carbocycles. The van der Waals surface area contributed by atoms with Gasteiger partial charge in [0.15, 0.2) is 0 Å². The first-order valence-corrected chi connectivity index (χ1v) is 11.4. The summed E-state index contributed by atoms with van der Waals surface area (Å²) >= 11 is 1.81. The third-order valence-corrected chi connectivity index (χ3v) is 5.49. The summed E-state index contributed by atoms with van der Waals surface area (Å²) in [5.74, 6) is -5.18. The van der Waals surface area contributed by atoms with Crippen LogP contribution in [0.25, 0.3) is 0 Å². The maximum Gasteiger partial charge on any atom is 0.490 e. The molecular weight excluding hydrogens is 536 g/mol. The highest BCUT2D eigenvalue weighted by Gasteiger charge is 2.39. The lowest BCUT2D eigenvalue weighted by molar-refractivity contribution is -0.193. The first kappa shape index (κ1) is 32.3. The van der Waals surface area contributed by atoms with E-state index >= 15 is 0 Å². The largest absolute Gasteiger partial charge is 0.490 e. The molecule has 0 aliphatic carbocycles. The van der Waals surface area contributed by atoms with Gasteiger partial charge in [-0.2, -0.15) is 26.3 Å². The van der Waals surface area contributed by atoms with Crippen molar-refractivity contribution in [3.63, 3.8) is 0 Å². The molecule has 0 radical (unpaired) electrons. The lowest BCUT2D eigenvalue weighted by Gasteiger charge is -2.31. The van der Waals surface area contributed by atoms with Crippen molar-refractivity contribution in [3.8, 4) is 0 Å². The maximum absolute atomic E-state index is 10.6. The van der Waals surface area contributed by atoms with Crippen molar-refractivity contribution < 1.29 is 50.9 Å². The number of carboxylic acids is 2. The second kappa shape index (κ2) is 14.3. The molecule has 2 aromatic rings. The Morgan fingerprint density at radius 2 is 1.73 bits per heavy atom. The van der Waals surface area contributed by atoms with Crippen LogP contribution in [0.4, 0.5) is 26.3 Å². The van der Waals surface area contributed by atoms with E-state index in [1.807, 2.05) is 23.1 Å². The van der Waals surface area contributed by atoms with Gasteiger partial charge in [-0.3, -0.25) is 9.58 Å². The lowest BCUT2D eigenvalue weighted by atomic mass is 9.99. The van der Waals surface area contributed by atoms with Gasteiger partial charge < -0.3 is 19.8 Å². The molecule has 0 bridgehead atoms. The van der Waals surface area contributed by atoms with Gasteiger partial charge in [-0.1, -0.05) is 11.3 Å². The number of aromatic nitrogens is 3. The van der Waals surface area contributed by atoms with E-state index < -0.39 is 24.3 Å².